The summed E-state index contributed by atoms with van der Waals surface area (Å²) in [5, 5.41) is 0. The third kappa shape index (κ3) is 5.80. The quantitative estimate of drug-likeness (QED) is 0.409. The van der Waals surface area contributed by atoms with Gasteiger partial charge in [0.25, 0.3) is 0 Å². The third-order valence-corrected chi connectivity index (χ3v) is 6.15. The number of hydrogen-bond donors (Lipinski definition) is 0. The van der Waals surface area contributed by atoms with Crippen LogP contribution in [-0.2, 0) is 13.6 Å². The van der Waals surface area contributed by atoms with Crippen LogP contribution in [0.25, 0.3) is 0 Å². The van der Waals surface area contributed by atoms with E-state index in [0.29, 0.717) is 13.2 Å². The highest BCUT2D eigenvalue weighted by molar-refractivity contribution is 14.1. The Hall–Kier alpha value is 1.23. The molecule has 0 aromatic carbocycles. The van der Waals surface area contributed by atoms with Crippen molar-refractivity contribution in [3.63, 3.8) is 0 Å². The maximum Gasteiger partial charge on any atom is 0.389 e. The summed E-state index contributed by atoms with van der Waals surface area (Å²) in [6.45, 7) is 1.68. The minimum absolute atomic E-state index is 0.436. The molecule has 0 N–H and O–H groups in total. The number of alkyl halides is 1. The summed E-state index contributed by atoms with van der Waals surface area (Å²) in [5.74, 6) is 0.803. The average Bonchev–Trinajstić information content (AvgIpc) is 2.02. The minimum atomic E-state index is -2.82. The Kier molecular flexibility index (Phi) is 8.40. The second-order valence-corrected chi connectivity index (χ2v) is 7.08. The molecule has 0 saturated heterocycles. The van der Waals surface area contributed by atoms with E-state index in [1.165, 1.54) is 11.4 Å². The summed E-state index contributed by atoms with van der Waals surface area (Å²) in [4.78, 5) is 0. The van der Waals surface area contributed by atoms with E-state index in [1.807, 2.05) is 13.8 Å². The lowest BCUT2D eigenvalue weighted by Crippen LogP contribution is -1.93. The van der Waals surface area contributed by atoms with Gasteiger partial charge in [-0.2, -0.15) is 0 Å². The summed E-state index contributed by atoms with van der Waals surface area (Å²) in [7, 11) is 0. The molecule has 0 aromatic rings. The van der Waals surface area contributed by atoms with E-state index in [0.717, 1.165) is 10.2 Å². The van der Waals surface area contributed by atoms with Crippen LogP contribution in [-0.4, -0.2) is 23.4 Å². The molecule has 0 fully saturated rings. The van der Waals surface area contributed by atoms with Gasteiger partial charge in [0, 0.05) is 10.2 Å². The van der Waals surface area contributed by atoms with Gasteiger partial charge in [0.1, 0.15) is 0 Å². The largest absolute Gasteiger partial charge is 0.389 e. The Morgan fingerprint density at radius 3 is 2.17 bits per heavy atom. The molecule has 0 heterocycles. The van der Waals surface area contributed by atoms with Crippen molar-refractivity contribution >= 4 is 40.8 Å². The zero-order valence-corrected chi connectivity index (χ0v) is 11.2. The maximum absolute atomic E-state index is 11.7. The van der Waals surface area contributed by atoms with Gasteiger partial charge in [-0.25, -0.2) is 4.57 Å². The zero-order chi connectivity index (χ0) is 9.45. The van der Waals surface area contributed by atoms with Crippen molar-refractivity contribution in [3.8, 4) is 0 Å². The lowest BCUT2D eigenvalue weighted by atomic mass is 10.9. The lowest BCUT2D eigenvalue weighted by molar-refractivity contribution is 0.237. The Morgan fingerprint density at radius 2 is 1.83 bits per heavy atom. The van der Waals surface area contributed by atoms with Crippen LogP contribution in [0, 0.1) is 0 Å². The first-order valence-corrected chi connectivity index (χ1v) is 8.44. The molecule has 0 spiro atoms. The summed E-state index contributed by atoms with van der Waals surface area (Å²) in [5.41, 5.74) is 0. The first-order valence-electron chi connectivity index (χ1n) is 3.78. The van der Waals surface area contributed by atoms with Gasteiger partial charge in [0.05, 0.1) is 13.2 Å². The zero-order valence-electron chi connectivity index (χ0n) is 7.29. The van der Waals surface area contributed by atoms with Gasteiger partial charge < -0.3 is 9.05 Å². The molecule has 0 aliphatic rings. The molecule has 0 aliphatic carbocycles. The van der Waals surface area contributed by atoms with Crippen LogP contribution in [0.3, 0.4) is 0 Å². The van der Waals surface area contributed by atoms with Crippen molar-refractivity contribution in [3.05, 3.63) is 0 Å². The van der Waals surface area contributed by atoms with Crippen LogP contribution >= 0.6 is 40.8 Å². The smallest absolute Gasteiger partial charge is 0.301 e. The normalized spacial score (nSPS) is 11.9. The Bertz CT molecular complexity index is 146. The van der Waals surface area contributed by atoms with E-state index in [1.54, 1.807) is 0 Å². The molecule has 0 atom stereocenters. The Morgan fingerprint density at radius 1 is 1.33 bits per heavy atom. The van der Waals surface area contributed by atoms with E-state index in [2.05, 4.69) is 22.6 Å². The monoisotopic (exact) mass is 324 g/mol. The third-order valence-electron chi connectivity index (χ3n) is 0.901. The maximum atomic E-state index is 11.7. The lowest BCUT2D eigenvalue weighted by Gasteiger charge is -2.14. The van der Waals surface area contributed by atoms with Crippen LogP contribution in [0.4, 0.5) is 0 Å². The molecule has 3 nitrogen and oxygen atoms in total. The molecule has 0 saturated carbocycles. The molecule has 74 valence electrons. The highest BCUT2D eigenvalue weighted by Gasteiger charge is 2.23. The highest BCUT2D eigenvalue weighted by atomic mass is 127. The van der Waals surface area contributed by atoms with Gasteiger partial charge in [-0.05, 0) is 25.2 Å². The minimum Gasteiger partial charge on any atom is -0.301 e. The van der Waals surface area contributed by atoms with E-state index in [4.69, 9.17) is 9.05 Å². The molecule has 0 rings (SSSR count). The molecule has 0 aromatic heterocycles. The predicted molar refractivity (Wildman–Crippen MR) is 62.2 cm³/mol. The van der Waals surface area contributed by atoms with Gasteiger partial charge in [0.2, 0.25) is 0 Å². The molecule has 0 unspecified atom stereocenters. The van der Waals surface area contributed by atoms with Crippen LogP contribution < -0.4 is 0 Å². The van der Waals surface area contributed by atoms with Crippen molar-refractivity contribution < 1.29 is 13.6 Å². The van der Waals surface area contributed by atoms with E-state index >= 15 is 0 Å². The standard InChI is InChI=1S/C6H14IO3PS/c1-3-9-11(8,10-4-2)12-6-5-7/h3-6H2,1-2H3. The van der Waals surface area contributed by atoms with Crippen molar-refractivity contribution in [1.82, 2.24) is 0 Å². The molecule has 0 bridgehead atoms. The fourth-order valence-electron chi connectivity index (χ4n) is 0.574. The summed E-state index contributed by atoms with van der Waals surface area (Å²) < 4.78 is 22.8. The highest BCUT2D eigenvalue weighted by Crippen LogP contribution is 2.60. The fourth-order valence-corrected chi connectivity index (χ4v) is 5.45. The van der Waals surface area contributed by atoms with Gasteiger partial charge in [-0.15, -0.1) is 0 Å². The Labute approximate surface area is 91.4 Å². The topological polar surface area (TPSA) is 35.5 Å². The van der Waals surface area contributed by atoms with Crippen LogP contribution in [0.5, 0.6) is 0 Å². The van der Waals surface area contributed by atoms with Gasteiger partial charge in [-0.1, -0.05) is 22.6 Å². The molecule has 12 heavy (non-hydrogen) atoms. The first-order chi connectivity index (χ1) is 5.68. The molecule has 0 amide bonds. The van der Waals surface area contributed by atoms with Crippen LogP contribution in [0.2, 0.25) is 0 Å². The van der Waals surface area contributed by atoms with Crippen molar-refractivity contribution in [2.45, 2.75) is 13.8 Å². The van der Waals surface area contributed by atoms with Crippen molar-refractivity contribution in [2.24, 2.45) is 0 Å². The molecule has 6 heteroatoms. The number of rotatable bonds is 7. The molecule has 0 radical (unpaired) electrons. The summed E-state index contributed by atoms with van der Waals surface area (Å²) in [6.07, 6.45) is 0. The summed E-state index contributed by atoms with van der Waals surface area (Å²) >= 11 is 3.51. The molecular weight excluding hydrogens is 310 g/mol. The van der Waals surface area contributed by atoms with Gasteiger partial charge in [-0.3, -0.25) is 0 Å². The first kappa shape index (κ1) is 13.2. The second-order valence-electron chi connectivity index (χ2n) is 1.80. The number of hydrogen-bond acceptors (Lipinski definition) is 4. The number of halogens is 1. The van der Waals surface area contributed by atoms with Crippen molar-refractivity contribution in [1.29, 1.82) is 0 Å². The van der Waals surface area contributed by atoms with Crippen LogP contribution in [0.15, 0.2) is 0 Å². The van der Waals surface area contributed by atoms with Crippen molar-refractivity contribution in [2.75, 3.05) is 23.4 Å². The summed E-state index contributed by atoms with van der Waals surface area (Å²) in [6, 6.07) is 0. The molecular formula is C6H14IO3PS. The second kappa shape index (κ2) is 7.62. The van der Waals surface area contributed by atoms with E-state index in [-0.39, 0.29) is 0 Å². The average molecular weight is 324 g/mol. The SMILES string of the molecule is CCOP(=O)(OCC)SCCI. The molecule has 0 aliphatic heterocycles. The fraction of sp³-hybridized carbons (Fsp3) is 1.00. The van der Waals surface area contributed by atoms with Gasteiger partial charge >= 0.3 is 6.80 Å². The van der Waals surface area contributed by atoms with Crippen LogP contribution in [0.1, 0.15) is 13.8 Å². The van der Waals surface area contributed by atoms with E-state index in [9.17, 15) is 4.57 Å². The predicted octanol–water partition coefficient (Wildman–Crippen LogP) is 3.34. The van der Waals surface area contributed by atoms with E-state index < -0.39 is 6.80 Å². The Balaban J connectivity index is 3.90. The van der Waals surface area contributed by atoms with Gasteiger partial charge in [0.15, 0.2) is 0 Å².